The van der Waals surface area contributed by atoms with Gasteiger partial charge in [-0.3, -0.25) is 0 Å². The maximum Gasteiger partial charge on any atom is 0.416 e. The molecule has 19 heavy (non-hydrogen) atoms. The van der Waals surface area contributed by atoms with Gasteiger partial charge in [0, 0.05) is 13.1 Å². The summed E-state index contributed by atoms with van der Waals surface area (Å²) in [5.41, 5.74) is 0.373. The third kappa shape index (κ3) is 2.39. The molecule has 0 spiro atoms. The van der Waals surface area contributed by atoms with Crippen molar-refractivity contribution in [2.45, 2.75) is 25.4 Å². The summed E-state index contributed by atoms with van der Waals surface area (Å²) in [6, 6.07) is 3.61. The van der Waals surface area contributed by atoms with Gasteiger partial charge in [0.15, 0.2) is 0 Å². The molecule has 102 valence electrons. The lowest BCUT2D eigenvalue weighted by Crippen LogP contribution is -2.30. The molecule has 2 heterocycles. The van der Waals surface area contributed by atoms with Crippen LogP contribution in [0.1, 0.15) is 24.8 Å². The number of fused-ring (bicyclic) bond motifs is 1. The number of hydrogen-bond acceptors (Lipinski definition) is 2. The van der Waals surface area contributed by atoms with Crippen LogP contribution >= 0.6 is 0 Å². The first-order valence-corrected chi connectivity index (χ1v) is 6.36. The van der Waals surface area contributed by atoms with E-state index in [1.165, 1.54) is 12.5 Å². The van der Waals surface area contributed by atoms with Crippen LogP contribution in [-0.2, 0) is 6.18 Å². The van der Waals surface area contributed by atoms with Gasteiger partial charge in [-0.1, -0.05) is 0 Å². The standard InChI is InChI=1S/C13H14F3N3/c14-13(15,16)9-4-5-10-11(8-9)18-12(17-10)19-6-2-1-3-7-19/h4-5,8H,1-3,6-7H2,(H,17,18). The number of alkyl halides is 3. The molecule has 3 rings (SSSR count). The summed E-state index contributed by atoms with van der Waals surface area (Å²) in [5, 5.41) is 0. The number of nitrogens with one attached hydrogen (secondary N) is 1. The van der Waals surface area contributed by atoms with E-state index in [4.69, 9.17) is 0 Å². The summed E-state index contributed by atoms with van der Waals surface area (Å²) in [6.07, 6.45) is -0.908. The predicted molar refractivity (Wildman–Crippen MR) is 67.2 cm³/mol. The highest BCUT2D eigenvalue weighted by atomic mass is 19.4. The maximum atomic E-state index is 12.6. The summed E-state index contributed by atoms with van der Waals surface area (Å²) in [4.78, 5) is 9.45. The van der Waals surface area contributed by atoms with Crippen molar-refractivity contribution in [2.24, 2.45) is 0 Å². The molecule has 1 aromatic carbocycles. The van der Waals surface area contributed by atoms with Gasteiger partial charge in [0.2, 0.25) is 5.95 Å². The molecule has 0 saturated carbocycles. The number of aromatic nitrogens is 2. The lowest BCUT2D eigenvalue weighted by atomic mass is 10.1. The second-order valence-corrected chi connectivity index (χ2v) is 4.84. The van der Waals surface area contributed by atoms with Gasteiger partial charge in [0.1, 0.15) is 0 Å². The van der Waals surface area contributed by atoms with Crippen LogP contribution in [0.4, 0.5) is 19.1 Å². The number of benzene rings is 1. The molecule has 1 N–H and O–H groups in total. The third-order valence-electron chi connectivity index (χ3n) is 3.45. The summed E-state index contributed by atoms with van der Waals surface area (Å²) in [5.74, 6) is 0.675. The van der Waals surface area contributed by atoms with E-state index in [-0.39, 0.29) is 0 Å². The van der Waals surface area contributed by atoms with E-state index in [9.17, 15) is 13.2 Å². The van der Waals surface area contributed by atoms with E-state index >= 15 is 0 Å². The van der Waals surface area contributed by atoms with E-state index in [1.807, 2.05) is 0 Å². The normalized spacial score (nSPS) is 17.1. The van der Waals surface area contributed by atoms with Crippen LogP contribution < -0.4 is 4.90 Å². The summed E-state index contributed by atoms with van der Waals surface area (Å²) in [7, 11) is 0. The Hall–Kier alpha value is -1.72. The first-order chi connectivity index (χ1) is 9.04. The molecule has 0 bridgehead atoms. The van der Waals surface area contributed by atoms with Crippen LogP contribution in [0.25, 0.3) is 11.0 Å². The summed E-state index contributed by atoms with van der Waals surface area (Å²) >= 11 is 0. The molecule has 0 aliphatic carbocycles. The number of H-pyrrole nitrogens is 1. The molecular weight excluding hydrogens is 255 g/mol. The highest BCUT2D eigenvalue weighted by Gasteiger charge is 2.30. The van der Waals surface area contributed by atoms with E-state index in [1.54, 1.807) is 0 Å². The van der Waals surface area contributed by atoms with Crippen LogP contribution in [-0.4, -0.2) is 23.1 Å². The third-order valence-corrected chi connectivity index (χ3v) is 3.45. The molecule has 6 heteroatoms. The Kier molecular flexibility index (Phi) is 2.88. The molecule has 1 saturated heterocycles. The fourth-order valence-corrected chi connectivity index (χ4v) is 2.43. The quantitative estimate of drug-likeness (QED) is 0.858. The highest BCUT2D eigenvalue weighted by Crippen LogP contribution is 2.31. The van der Waals surface area contributed by atoms with Crippen molar-refractivity contribution in [1.29, 1.82) is 0 Å². The topological polar surface area (TPSA) is 31.9 Å². The number of halogens is 3. The monoisotopic (exact) mass is 269 g/mol. The van der Waals surface area contributed by atoms with Gasteiger partial charge in [0.05, 0.1) is 16.6 Å². The number of anilines is 1. The van der Waals surface area contributed by atoms with E-state index in [0.717, 1.165) is 38.1 Å². The van der Waals surface area contributed by atoms with Crippen LogP contribution in [0, 0.1) is 0 Å². The largest absolute Gasteiger partial charge is 0.416 e. The smallest absolute Gasteiger partial charge is 0.342 e. The molecule has 0 unspecified atom stereocenters. The lowest BCUT2D eigenvalue weighted by Gasteiger charge is -2.25. The van der Waals surface area contributed by atoms with Gasteiger partial charge < -0.3 is 9.88 Å². The molecule has 1 aromatic heterocycles. The Bertz CT molecular complexity index is 582. The van der Waals surface area contributed by atoms with E-state index < -0.39 is 11.7 Å². The van der Waals surface area contributed by atoms with Gasteiger partial charge in [-0.2, -0.15) is 13.2 Å². The molecule has 0 radical (unpaired) electrons. The SMILES string of the molecule is FC(F)(F)c1ccc2nc(N3CCCCC3)[nH]c2c1. The first-order valence-electron chi connectivity index (χ1n) is 6.36. The van der Waals surface area contributed by atoms with Crippen LogP contribution in [0.5, 0.6) is 0 Å². The lowest BCUT2D eigenvalue weighted by molar-refractivity contribution is -0.137. The van der Waals surface area contributed by atoms with Gasteiger partial charge >= 0.3 is 6.18 Å². The van der Waals surface area contributed by atoms with Crippen molar-refractivity contribution in [2.75, 3.05) is 18.0 Å². The van der Waals surface area contributed by atoms with Crippen molar-refractivity contribution in [1.82, 2.24) is 9.97 Å². The predicted octanol–water partition coefficient (Wildman–Crippen LogP) is 3.57. The Morgan fingerprint density at radius 1 is 1.11 bits per heavy atom. The second kappa shape index (κ2) is 4.43. The molecule has 3 nitrogen and oxygen atoms in total. The fourth-order valence-electron chi connectivity index (χ4n) is 2.43. The van der Waals surface area contributed by atoms with Crippen molar-refractivity contribution >= 4 is 17.0 Å². The van der Waals surface area contributed by atoms with Gasteiger partial charge in [-0.05, 0) is 37.5 Å². The van der Waals surface area contributed by atoms with Crippen LogP contribution in [0.3, 0.4) is 0 Å². The minimum atomic E-state index is -4.31. The number of rotatable bonds is 1. The number of nitrogens with zero attached hydrogens (tertiary/aromatic N) is 2. The second-order valence-electron chi connectivity index (χ2n) is 4.84. The molecule has 1 aliphatic heterocycles. The van der Waals surface area contributed by atoms with Crippen molar-refractivity contribution in [3.05, 3.63) is 23.8 Å². The van der Waals surface area contributed by atoms with Gasteiger partial charge in [-0.25, -0.2) is 4.98 Å². The van der Waals surface area contributed by atoms with Gasteiger partial charge in [-0.15, -0.1) is 0 Å². The highest BCUT2D eigenvalue weighted by molar-refractivity contribution is 5.78. The van der Waals surface area contributed by atoms with Crippen molar-refractivity contribution < 1.29 is 13.2 Å². The minimum Gasteiger partial charge on any atom is -0.342 e. The number of aromatic amines is 1. The van der Waals surface area contributed by atoms with Crippen molar-refractivity contribution in [3.8, 4) is 0 Å². The minimum absolute atomic E-state index is 0.440. The maximum absolute atomic E-state index is 12.6. The molecule has 0 atom stereocenters. The van der Waals surface area contributed by atoms with E-state index in [2.05, 4.69) is 14.9 Å². The van der Waals surface area contributed by atoms with Crippen LogP contribution in [0.2, 0.25) is 0 Å². The zero-order chi connectivity index (χ0) is 13.5. The van der Waals surface area contributed by atoms with Gasteiger partial charge in [0.25, 0.3) is 0 Å². The molecule has 0 amide bonds. The average Bonchev–Trinajstić information content (AvgIpc) is 2.81. The fraction of sp³-hybridized carbons (Fsp3) is 0.462. The molecule has 1 aliphatic rings. The zero-order valence-corrected chi connectivity index (χ0v) is 10.3. The van der Waals surface area contributed by atoms with Crippen LogP contribution in [0.15, 0.2) is 18.2 Å². The molecule has 1 fully saturated rings. The Balaban J connectivity index is 1.96. The Labute approximate surface area is 108 Å². The first kappa shape index (κ1) is 12.3. The van der Waals surface area contributed by atoms with Crippen molar-refractivity contribution in [3.63, 3.8) is 0 Å². The number of hydrogen-bond donors (Lipinski definition) is 1. The number of imidazole rings is 1. The summed E-state index contributed by atoms with van der Waals surface area (Å²) < 4.78 is 37.9. The molecular formula is C13H14F3N3. The average molecular weight is 269 g/mol. The van der Waals surface area contributed by atoms with E-state index in [0.29, 0.717) is 17.0 Å². The Morgan fingerprint density at radius 3 is 2.53 bits per heavy atom. The summed E-state index contributed by atoms with van der Waals surface area (Å²) in [6.45, 7) is 1.82. The number of piperidine rings is 1. The Morgan fingerprint density at radius 2 is 1.84 bits per heavy atom. The zero-order valence-electron chi connectivity index (χ0n) is 10.3. The molecule has 2 aromatic rings.